The molecular weight excluding hydrogens is 320 g/mol. The van der Waals surface area contributed by atoms with E-state index in [0.29, 0.717) is 5.95 Å². The van der Waals surface area contributed by atoms with E-state index in [-0.39, 0.29) is 5.41 Å². The lowest BCUT2D eigenvalue weighted by Crippen LogP contribution is -2.16. The largest absolute Gasteiger partial charge is 0.245 e. The predicted molar refractivity (Wildman–Crippen MR) is 111 cm³/mol. The molecule has 0 aliphatic heterocycles. The Balaban J connectivity index is 2.27. The summed E-state index contributed by atoms with van der Waals surface area (Å²) in [6.07, 6.45) is 4.18. The molecule has 2 aromatic rings. The quantitative estimate of drug-likeness (QED) is 0.527. The van der Waals surface area contributed by atoms with Gasteiger partial charge in [0.1, 0.15) is 0 Å². The van der Waals surface area contributed by atoms with Gasteiger partial charge in [0.05, 0.1) is 5.71 Å². The van der Waals surface area contributed by atoms with E-state index in [4.69, 9.17) is 0 Å². The van der Waals surface area contributed by atoms with Gasteiger partial charge < -0.3 is 0 Å². The third-order valence-electron chi connectivity index (χ3n) is 4.43. The Labute approximate surface area is 158 Å². The molecule has 0 fully saturated rings. The van der Waals surface area contributed by atoms with Crippen LogP contribution in [0.5, 0.6) is 0 Å². The number of aromatic nitrogens is 2. The number of unbranched alkanes of at least 4 members (excludes halogenated alkanes) is 1. The third-order valence-corrected chi connectivity index (χ3v) is 4.43. The van der Waals surface area contributed by atoms with E-state index in [9.17, 15) is 0 Å². The average Bonchev–Trinajstić information content (AvgIpc) is 2.63. The monoisotopic (exact) mass is 352 g/mol. The summed E-state index contributed by atoms with van der Waals surface area (Å²) in [5, 5.41) is 4.58. The van der Waals surface area contributed by atoms with Crippen LogP contribution in [0.25, 0.3) is 0 Å². The van der Waals surface area contributed by atoms with Gasteiger partial charge in [-0.1, -0.05) is 65.3 Å². The molecule has 26 heavy (non-hydrogen) atoms. The molecule has 4 heteroatoms. The van der Waals surface area contributed by atoms with Crippen LogP contribution in [0.1, 0.15) is 76.9 Å². The van der Waals surface area contributed by atoms with Crippen LogP contribution in [-0.2, 0) is 18.3 Å². The summed E-state index contributed by atoms with van der Waals surface area (Å²) in [7, 11) is 0. The first-order valence-electron chi connectivity index (χ1n) is 9.62. The zero-order valence-electron chi connectivity index (χ0n) is 17.1. The van der Waals surface area contributed by atoms with E-state index >= 15 is 0 Å². The Kier molecular flexibility index (Phi) is 6.90. The lowest BCUT2D eigenvalue weighted by Gasteiger charge is -2.22. The van der Waals surface area contributed by atoms with Gasteiger partial charge in [-0.2, -0.15) is 5.10 Å². The Morgan fingerprint density at radius 1 is 1.08 bits per heavy atom. The van der Waals surface area contributed by atoms with Crippen molar-refractivity contribution in [2.24, 2.45) is 5.10 Å². The van der Waals surface area contributed by atoms with Gasteiger partial charge in [0, 0.05) is 17.0 Å². The highest BCUT2D eigenvalue weighted by molar-refractivity contribution is 6.00. The fraction of sp³-hybridized carbons (Fsp3) is 0.500. The number of benzene rings is 1. The first kappa shape index (κ1) is 20.1. The summed E-state index contributed by atoms with van der Waals surface area (Å²) in [5.41, 5.74) is 8.67. The number of hydrazone groups is 1. The van der Waals surface area contributed by atoms with Gasteiger partial charge in [-0.05, 0) is 43.2 Å². The molecule has 2 rings (SSSR count). The second kappa shape index (κ2) is 8.93. The third kappa shape index (κ3) is 5.38. The summed E-state index contributed by atoms with van der Waals surface area (Å²) in [4.78, 5) is 9.19. The van der Waals surface area contributed by atoms with Crippen molar-refractivity contribution in [2.75, 3.05) is 5.43 Å². The van der Waals surface area contributed by atoms with E-state index < -0.39 is 0 Å². The van der Waals surface area contributed by atoms with Crippen LogP contribution in [0.4, 0.5) is 5.95 Å². The van der Waals surface area contributed by atoms with E-state index in [0.717, 1.165) is 48.3 Å². The van der Waals surface area contributed by atoms with Gasteiger partial charge >= 0.3 is 0 Å². The maximum absolute atomic E-state index is 4.63. The summed E-state index contributed by atoms with van der Waals surface area (Å²) >= 11 is 0. The minimum absolute atomic E-state index is 0.0688. The van der Waals surface area contributed by atoms with Gasteiger partial charge in [0.15, 0.2) is 0 Å². The Morgan fingerprint density at radius 3 is 2.42 bits per heavy atom. The highest BCUT2D eigenvalue weighted by atomic mass is 15.4. The second-order valence-corrected chi connectivity index (χ2v) is 7.74. The van der Waals surface area contributed by atoms with Crippen molar-refractivity contribution >= 4 is 11.7 Å². The van der Waals surface area contributed by atoms with Crippen molar-refractivity contribution in [2.45, 2.75) is 72.6 Å². The molecule has 0 unspecified atom stereocenters. The molecule has 0 amide bonds. The summed E-state index contributed by atoms with van der Waals surface area (Å²) in [5.74, 6) is 0.586. The Morgan fingerprint density at radius 2 is 1.77 bits per heavy atom. The topological polar surface area (TPSA) is 50.2 Å². The minimum atomic E-state index is 0.0688. The van der Waals surface area contributed by atoms with Crippen LogP contribution in [0.2, 0.25) is 0 Å². The fourth-order valence-electron chi connectivity index (χ4n) is 2.92. The standard InChI is InChI=1S/C22H32N4/c1-7-9-12-18-15-17(8-2)23-21(24-18)26-25-16(3)19-13-10-11-14-20(19)22(4,5)6/h10-11,13-15H,7-9,12H2,1-6H3,(H,23,24,26). The van der Waals surface area contributed by atoms with Crippen molar-refractivity contribution < 1.29 is 0 Å². The predicted octanol–water partition coefficient (Wildman–Crippen LogP) is 5.52. The van der Waals surface area contributed by atoms with Crippen LogP contribution < -0.4 is 5.43 Å². The van der Waals surface area contributed by atoms with Crippen molar-refractivity contribution in [3.8, 4) is 0 Å². The highest BCUT2D eigenvalue weighted by Gasteiger charge is 2.18. The highest BCUT2D eigenvalue weighted by Crippen LogP contribution is 2.26. The smallest absolute Gasteiger partial charge is 0.243 e. The summed E-state index contributed by atoms with van der Waals surface area (Å²) in [6.45, 7) is 13.0. The summed E-state index contributed by atoms with van der Waals surface area (Å²) < 4.78 is 0. The maximum Gasteiger partial charge on any atom is 0.243 e. The molecular formula is C22H32N4. The molecule has 0 bridgehead atoms. The molecule has 0 atom stereocenters. The van der Waals surface area contributed by atoms with E-state index in [1.807, 2.05) is 6.92 Å². The SMILES string of the molecule is CCCCc1cc(CC)nc(NN=C(C)c2ccccc2C(C)(C)C)n1. The molecule has 0 saturated heterocycles. The molecule has 140 valence electrons. The number of rotatable bonds is 7. The number of nitrogens with one attached hydrogen (secondary N) is 1. The van der Waals surface area contributed by atoms with Crippen LogP contribution in [-0.4, -0.2) is 15.7 Å². The lowest BCUT2D eigenvalue weighted by atomic mass is 9.83. The molecule has 1 aromatic carbocycles. The van der Waals surface area contributed by atoms with Crippen molar-refractivity contribution in [1.29, 1.82) is 0 Å². The van der Waals surface area contributed by atoms with Gasteiger partial charge in [-0.15, -0.1) is 0 Å². The van der Waals surface area contributed by atoms with Gasteiger partial charge in [0.2, 0.25) is 5.95 Å². The second-order valence-electron chi connectivity index (χ2n) is 7.74. The Bertz CT molecular complexity index is 757. The van der Waals surface area contributed by atoms with E-state index in [1.165, 1.54) is 5.56 Å². The van der Waals surface area contributed by atoms with Crippen molar-refractivity contribution in [3.63, 3.8) is 0 Å². The number of hydrogen-bond acceptors (Lipinski definition) is 4. The molecule has 0 spiro atoms. The molecule has 1 N–H and O–H groups in total. The van der Waals surface area contributed by atoms with Crippen molar-refractivity contribution in [1.82, 2.24) is 9.97 Å². The zero-order chi connectivity index (χ0) is 19.2. The van der Waals surface area contributed by atoms with E-state index in [1.54, 1.807) is 0 Å². The Hall–Kier alpha value is -2.23. The fourth-order valence-corrected chi connectivity index (χ4v) is 2.92. The molecule has 0 aliphatic carbocycles. The van der Waals surface area contributed by atoms with Gasteiger partial charge in [-0.25, -0.2) is 15.4 Å². The van der Waals surface area contributed by atoms with Gasteiger partial charge in [-0.3, -0.25) is 0 Å². The van der Waals surface area contributed by atoms with Crippen LogP contribution >= 0.6 is 0 Å². The summed E-state index contributed by atoms with van der Waals surface area (Å²) in [6, 6.07) is 10.5. The normalized spacial score (nSPS) is 12.3. The van der Waals surface area contributed by atoms with Crippen LogP contribution in [0.15, 0.2) is 35.4 Å². The number of nitrogens with zero attached hydrogens (tertiary/aromatic N) is 3. The molecule has 4 nitrogen and oxygen atoms in total. The first-order chi connectivity index (χ1) is 12.3. The molecule has 0 saturated carbocycles. The molecule has 0 aliphatic rings. The first-order valence-corrected chi connectivity index (χ1v) is 9.62. The lowest BCUT2D eigenvalue weighted by molar-refractivity contribution is 0.589. The average molecular weight is 353 g/mol. The molecule has 1 heterocycles. The maximum atomic E-state index is 4.63. The zero-order valence-corrected chi connectivity index (χ0v) is 17.1. The number of hydrogen-bond donors (Lipinski definition) is 1. The molecule has 1 aromatic heterocycles. The number of aryl methyl sites for hydroxylation is 2. The van der Waals surface area contributed by atoms with Crippen molar-refractivity contribution in [3.05, 3.63) is 52.8 Å². The van der Waals surface area contributed by atoms with E-state index in [2.05, 4.69) is 85.4 Å². The van der Waals surface area contributed by atoms with Crippen LogP contribution in [0.3, 0.4) is 0 Å². The molecule has 0 radical (unpaired) electrons. The minimum Gasteiger partial charge on any atom is -0.245 e. The number of anilines is 1. The van der Waals surface area contributed by atoms with Gasteiger partial charge in [0.25, 0.3) is 0 Å². The van der Waals surface area contributed by atoms with Crippen LogP contribution in [0, 0.1) is 0 Å².